The summed E-state index contributed by atoms with van der Waals surface area (Å²) in [7, 11) is 1.39. The van der Waals surface area contributed by atoms with Gasteiger partial charge >= 0.3 is 6.09 Å². The van der Waals surface area contributed by atoms with Gasteiger partial charge in [0.05, 0.1) is 43.1 Å². The van der Waals surface area contributed by atoms with E-state index in [2.05, 4.69) is 21.3 Å². The van der Waals surface area contributed by atoms with Gasteiger partial charge in [-0.3, -0.25) is 28.8 Å². The number of fused-ring (bicyclic) bond motifs is 7. The Morgan fingerprint density at radius 1 is 0.836 bits per heavy atom. The number of aldehydes is 1. The van der Waals surface area contributed by atoms with Crippen molar-refractivity contribution in [1.82, 2.24) is 30.8 Å². The van der Waals surface area contributed by atoms with E-state index in [9.17, 15) is 47.9 Å². The Balaban J connectivity index is 0.826. The van der Waals surface area contributed by atoms with Crippen LogP contribution in [0.2, 0.25) is 0 Å². The zero-order chi connectivity index (χ0) is 51.8. The number of hydrogen-bond donors (Lipinski definition) is 5. The van der Waals surface area contributed by atoms with Crippen molar-refractivity contribution in [3.63, 3.8) is 0 Å². The first-order valence-corrected chi connectivity index (χ1v) is 23.8. The lowest BCUT2D eigenvalue weighted by Crippen LogP contribution is -2.52. The third-order valence-electron chi connectivity index (χ3n) is 13.1. The van der Waals surface area contributed by atoms with Crippen LogP contribution in [0.5, 0.6) is 0 Å². The minimum atomic E-state index is -1.59. The van der Waals surface area contributed by atoms with Crippen LogP contribution in [0.25, 0.3) is 33.4 Å². The Morgan fingerprint density at radius 3 is 2.22 bits per heavy atom. The van der Waals surface area contributed by atoms with Crippen molar-refractivity contribution in [2.24, 2.45) is 0 Å². The van der Waals surface area contributed by atoms with Crippen LogP contribution in [-0.2, 0) is 64.2 Å². The summed E-state index contributed by atoms with van der Waals surface area (Å²) in [4.78, 5) is 108. The maximum atomic E-state index is 14.9. The van der Waals surface area contributed by atoms with Crippen LogP contribution in [0.1, 0.15) is 75.8 Å². The third-order valence-corrected chi connectivity index (χ3v) is 13.1. The van der Waals surface area contributed by atoms with E-state index in [1.54, 1.807) is 43.3 Å². The number of aliphatic hydroxyl groups excluding tert-OH is 1. The molecule has 376 valence electrons. The van der Waals surface area contributed by atoms with Gasteiger partial charge in [-0.1, -0.05) is 78.9 Å². The average Bonchev–Trinajstić information content (AvgIpc) is 3.93. The highest BCUT2D eigenvalue weighted by Gasteiger charge is 2.32. The van der Waals surface area contributed by atoms with E-state index < -0.39 is 78.5 Å². The zero-order valence-corrected chi connectivity index (χ0v) is 40.1. The molecule has 0 spiro atoms. The number of rotatable bonds is 22. The van der Waals surface area contributed by atoms with Gasteiger partial charge in [-0.25, -0.2) is 14.2 Å². The molecule has 1 aliphatic heterocycles. The molecule has 2 aliphatic rings. The lowest BCUT2D eigenvalue weighted by molar-refractivity contribution is -0.137. The summed E-state index contributed by atoms with van der Waals surface area (Å²) in [5, 5.41) is 21.0. The normalized spacial score (nSPS) is 12.9. The SMILES string of the molecule is COCc1c(C(O)C=O)cc2n(c1=O)Cc1c-2nc2cc(F)c(C)cc2c1CCCCC(=O)C(=O)CNC(=O)C(Cc1ccccc1)NC(=O)CNC(=O)CNC(=O)OCC1c2ccccc2-c2ccccc21. The maximum Gasteiger partial charge on any atom is 0.407 e. The van der Waals surface area contributed by atoms with Gasteiger partial charge in [0.1, 0.15) is 31.1 Å². The summed E-state index contributed by atoms with van der Waals surface area (Å²) in [5.41, 5.74) is 7.49. The van der Waals surface area contributed by atoms with Crippen LogP contribution in [0, 0.1) is 12.7 Å². The minimum Gasteiger partial charge on any atom is -0.449 e. The number of amides is 4. The van der Waals surface area contributed by atoms with Crippen LogP contribution in [0.4, 0.5) is 9.18 Å². The summed E-state index contributed by atoms with van der Waals surface area (Å²) < 4.78 is 27.1. The van der Waals surface area contributed by atoms with Crippen molar-refractivity contribution in [1.29, 1.82) is 0 Å². The first-order valence-electron chi connectivity index (χ1n) is 23.8. The summed E-state index contributed by atoms with van der Waals surface area (Å²) in [6.45, 7) is -0.0380. The van der Waals surface area contributed by atoms with E-state index in [1.165, 1.54) is 23.8 Å². The Labute approximate surface area is 418 Å². The van der Waals surface area contributed by atoms with Gasteiger partial charge in [0.25, 0.3) is 5.56 Å². The molecule has 6 aromatic rings. The predicted molar refractivity (Wildman–Crippen MR) is 266 cm³/mol. The summed E-state index contributed by atoms with van der Waals surface area (Å²) in [5.74, 6) is -4.40. The fourth-order valence-electron chi connectivity index (χ4n) is 9.48. The second-order valence-corrected chi connectivity index (χ2v) is 17.9. The maximum absolute atomic E-state index is 14.9. The minimum absolute atomic E-state index is 0.0211. The molecule has 3 heterocycles. The first-order chi connectivity index (χ1) is 35.3. The van der Waals surface area contributed by atoms with Gasteiger partial charge in [0.15, 0.2) is 12.1 Å². The number of hydrogen-bond acceptors (Lipinski definition) is 12. The van der Waals surface area contributed by atoms with E-state index in [-0.39, 0.29) is 56.1 Å². The summed E-state index contributed by atoms with van der Waals surface area (Å²) >= 11 is 0. The molecular weight excluding hydrogens is 940 g/mol. The van der Waals surface area contributed by atoms with E-state index in [0.717, 1.165) is 27.8 Å². The molecule has 0 fully saturated rings. The van der Waals surface area contributed by atoms with Gasteiger partial charge < -0.3 is 45.2 Å². The number of halogens is 1. The van der Waals surface area contributed by atoms with E-state index in [0.29, 0.717) is 58.1 Å². The molecule has 2 unspecified atom stereocenters. The highest BCUT2D eigenvalue weighted by Crippen LogP contribution is 2.44. The van der Waals surface area contributed by atoms with Crippen molar-refractivity contribution in [3.8, 4) is 22.5 Å². The number of nitrogens with zero attached hydrogens (tertiary/aromatic N) is 2. The number of aryl methyl sites for hydroxylation is 2. The lowest BCUT2D eigenvalue weighted by atomic mass is 9.94. The number of ketones is 2. The number of alkyl carbamates (subject to hydrolysis) is 1. The van der Waals surface area contributed by atoms with E-state index in [4.69, 9.17) is 14.5 Å². The predicted octanol–water partition coefficient (Wildman–Crippen LogP) is 4.60. The van der Waals surface area contributed by atoms with Gasteiger partial charge in [-0.15, -0.1) is 0 Å². The number of carbonyl (C=O) groups excluding carboxylic acids is 7. The first kappa shape index (κ1) is 51.1. The molecule has 18 heteroatoms. The van der Waals surface area contributed by atoms with Crippen LogP contribution in [0.15, 0.2) is 102 Å². The molecule has 0 radical (unpaired) electrons. The molecule has 4 aromatic carbocycles. The highest BCUT2D eigenvalue weighted by molar-refractivity contribution is 6.38. The van der Waals surface area contributed by atoms with Crippen LogP contribution in [-0.4, -0.2) is 95.7 Å². The number of nitrogens with one attached hydrogen (secondary N) is 4. The fourth-order valence-corrected chi connectivity index (χ4v) is 9.48. The lowest BCUT2D eigenvalue weighted by Gasteiger charge is -2.19. The van der Waals surface area contributed by atoms with Crippen molar-refractivity contribution in [2.45, 2.75) is 70.2 Å². The molecule has 17 nitrogen and oxygen atoms in total. The number of ether oxygens (including phenoxy) is 2. The molecule has 8 rings (SSSR count). The van der Waals surface area contributed by atoms with Crippen molar-refractivity contribution in [2.75, 3.05) is 33.4 Å². The number of benzene rings is 4. The molecule has 0 saturated heterocycles. The third kappa shape index (κ3) is 11.5. The standard InChI is InChI=1S/C55H53FN6O11/c1-31-20-38-37(40-27-62-46(52(40)61-44(38)23-43(31)56)22-39(49(66)28-63)42(29-72-2)54(62)70)18-10-11-19-47(64)48(65)24-58-53(69)45(21-32-12-4-3-5-13-32)60-51(68)26-57-50(67)25-59-55(71)73-30-41-35-16-8-6-14-33(35)34-15-7-9-17-36(34)41/h3-9,12-17,20,22-23,28,41,45,49,66H,10-11,18-19,21,24-27,29-30H2,1-2H3,(H,57,67)(H,58,69)(H,59,71)(H,60,68). The molecule has 0 saturated carbocycles. The highest BCUT2D eigenvalue weighted by atomic mass is 19.1. The van der Waals surface area contributed by atoms with Crippen molar-refractivity contribution in [3.05, 3.63) is 158 Å². The quantitative estimate of drug-likeness (QED) is 0.0356. The number of aromatic nitrogens is 2. The van der Waals surface area contributed by atoms with Crippen LogP contribution < -0.4 is 26.8 Å². The van der Waals surface area contributed by atoms with Crippen molar-refractivity contribution < 1.29 is 52.5 Å². The number of Topliss-reactive ketones (excluding diaryl/α,β-unsaturated/α-hetero) is 2. The smallest absolute Gasteiger partial charge is 0.407 e. The Morgan fingerprint density at radius 2 is 1.52 bits per heavy atom. The Hall–Kier alpha value is -8.22. The molecule has 73 heavy (non-hydrogen) atoms. The molecule has 1 aliphatic carbocycles. The fraction of sp³-hybridized carbons (Fsp3) is 0.291. The summed E-state index contributed by atoms with van der Waals surface area (Å²) in [6.07, 6.45) is -1.20. The van der Waals surface area contributed by atoms with E-state index >= 15 is 0 Å². The second kappa shape index (κ2) is 22.9. The number of aliphatic hydroxyl groups is 1. The Bertz CT molecular complexity index is 3170. The van der Waals surface area contributed by atoms with Gasteiger partial charge in [-0.05, 0) is 77.3 Å². The molecule has 2 aromatic heterocycles. The summed E-state index contributed by atoms with van der Waals surface area (Å²) in [6, 6.07) is 27.8. The number of pyridine rings is 2. The van der Waals surface area contributed by atoms with Crippen LogP contribution >= 0.6 is 0 Å². The number of methoxy groups -OCH3 is 1. The molecule has 2 atom stereocenters. The molecule has 0 bridgehead atoms. The van der Waals surface area contributed by atoms with E-state index in [1.807, 2.05) is 48.5 Å². The topological polar surface area (TPSA) is 241 Å². The van der Waals surface area contributed by atoms with Gasteiger partial charge in [0.2, 0.25) is 23.5 Å². The largest absolute Gasteiger partial charge is 0.449 e. The molecule has 4 amide bonds. The van der Waals surface area contributed by atoms with Crippen molar-refractivity contribution >= 4 is 52.6 Å². The molecule has 5 N–H and O–H groups in total. The average molecular weight is 993 g/mol. The number of carbonyl (C=O) groups is 7. The zero-order valence-electron chi connectivity index (χ0n) is 40.1. The molecular formula is C55H53FN6O11. The monoisotopic (exact) mass is 992 g/mol. The second-order valence-electron chi connectivity index (χ2n) is 17.9. The number of unbranched alkanes of at least 4 members (excludes halogenated alkanes) is 1. The van der Waals surface area contributed by atoms with Gasteiger partial charge in [0, 0.05) is 54.0 Å². The van der Waals surface area contributed by atoms with Crippen LogP contribution in [0.3, 0.4) is 0 Å². The van der Waals surface area contributed by atoms with Gasteiger partial charge in [-0.2, -0.15) is 0 Å². The Kier molecular flexibility index (Phi) is 16.0.